The van der Waals surface area contributed by atoms with Gasteiger partial charge in [0, 0.05) is 30.2 Å². The van der Waals surface area contributed by atoms with Gasteiger partial charge in [-0.2, -0.15) is 0 Å². The molecule has 5 nitrogen and oxygen atoms in total. The fraction of sp³-hybridized carbons (Fsp3) is 0.500. The van der Waals surface area contributed by atoms with E-state index in [1.165, 1.54) is 4.31 Å². The smallest absolute Gasteiger partial charge is 0.225 e. The molecule has 0 atom stereocenters. The molecule has 0 saturated heterocycles. The van der Waals surface area contributed by atoms with Gasteiger partial charge in [0.05, 0.1) is 6.26 Å². The van der Waals surface area contributed by atoms with Gasteiger partial charge in [-0.3, -0.25) is 4.79 Å². The van der Waals surface area contributed by atoms with E-state index in [0.29, 0.717) is 17.3 Å². The third kappa shape index (κ3) is 6.93. The molecule has 0 aliphatic carbocycles. The first-order chi connectivity index (χ1) is 9.68. The van der Waals surface area contributed by atoms with E-state index in [9.17, 15) is 13.2 Å². The van der Waals surface area contributed by atoms with E-state index in [1.807, 2.05) is 13.8 Å². The molecule has 0 aromatic heterocycles. The van der Waals surface area contributed by atoms with Crippen molar-refractivity contribution in [3.05, 3.63) is 29.3 Å². The minimum Gasteiger partial charge on any atom is -0.326 e. The summed E-state index contributed by atoms with van der Waals surface area (Å²) in [5, 5.41) is 3.23. The molecule has 0 aliphatic heterocycles. The molecule has 1 N–H and O–H groups in total. The number of nitrogens with zero attached hydrogens (tertiary/aromatic N) is 1. The lowest BCUT2D eigenvalue weighted by atomic mass is 10.2. The highest BCUT2D eigenvalue weighted by Gasteiger charge is 2.18. The molecular weight excluding hydrogens is 312 g/mol. The molecule has 21 heavy (non-hydrogen) atoms. The maximum absolute atomic E-state index is 11.9. The molecule has 0 aliphatic rings. The van der Waals surface area contributed by atoms with Crippen molar-refractivity contribution in [2.24, 2.45) is 5.92 Å². The lowest BCUT2D eigenvalue weighted by Gasteiger charge is -2.21. The highest BCUT2D eigenvalue weighted by Crippen LogP contribution is 2.15. The zero-order chi connectivity index (χ0) is 16.0. The van der Waals surface area contributed by atoms with E-state index < -0.39 is 10.0 Å². The van der Waals surface area contributed by atoms with Gasteiger partial charge in [0.25, 0.3) is 0 Å². The maximum atomic E-state index is 11.9. The molecule has 0 spiro atoms. The van der Waals surface area contributed by atoms with Crippen LogP contribution in [0, 0.1) is 5.92 Å². The Morgan fingerprint density at radius 1 is 1.38 bits per heavy atom. The van der Waals surface area contributed by atoms with Crippen LogP contribution in [0.5, 0.6) is 0 Å². The summed E-state index contributed by atoms with van der Waals surface area (Å²) in [6, 6.07) is 6.82. The number of amides is 1. The summed E-state index contributed by atoms with van der Waals surface area (Å²) in [6.07, 6.45) is 1.26. The molecule has 0 fully saturated rings. The minimum absolute atomic E-state index is 0.103. The van der Waals surface area contributed by atoms with Crippen molar-refractivity contribution >= 4 is 33.2 Å². The van der Waals surface area contributed by atoms with Crippen LogP contribution in [-0.2, 0) is 14.8 Å². The second-order valence-corrected chi connectivity index (χ2v) is 7.74. The van der Waals surface area contributed by atoms with Crippen LogP contribution in [0.25, 0.3) is 0 Å². The SMILES string of the molecule is CC(C)CN(CCC(=O)Nc1cccc(Cl)c1)S(C)(=O)=O. The molecule has 0 bridgehead atoms. The number of nitrogens with one attached hydrogen (secondary N) is 1. The predicted octanol–water partition coefficient (Wildman–Crippen LogP) is 2.59. The average molecular weight is 333 g/mol. The standard InChI is InChI=1S/C14H21ClN2O3S/c1-11(2)10-17(21(3,19)20)8-7-14(18)16-13-6-4-5-12(15)9-13/h4-6,9,11H,7-8,10H2,1-3H3,(H,16,18). The minimum atomic E-state index is -3.30. The van der Waals surface area contributed by atoms with E-state index >= 15 is 0 Å². The monoisotopic (exact) mass is 332 g/mol. The van der Waals surface area contributed by atoms with Crippen LogP contribution in [0.3, 0.4) is 0 Å². The van der Waals surface area contributed by atoms with Crippen molar-refractivity contribution in [2.75, 3.05) is 24.7 Å². The van der Waals surface area contributed by atoms with Gasteiger partial charge >= 0.3 is 0 Å². The second-order valence-electron chi connectivity index (χ2n) is 5.32. The highest BCUT2D eigenvalue weighted by atomic mass is 35.5. The van der Waals surface area contributed by atoms with Crippen LogP contribution >= 0.6 is 11.6 Å². The van der Waals surface area contributed by atoms with E-state index in [0.717, 1.165) is 6.26 Å². The molecule has 1 amide bonds. The van der Waals surface area contributed by atoms with Gasteiger partial charge in [-0.1, -0.05) is 31.5 Å². The Hall–Kier alpha value is -1.11. The van der Waals surface area contributed by atoms with Crippen molar-refractivity contribution in [1.29, 1.82) is 0 Å². The van der Waals surface area contributed by atoms with Crippen LogP contribution in [0.15, 0.2) is 24.3 Å². The Balaban J connectivity index is 2.57. The molecule has 118 valence electrons. The van der Waals surface area contributed by atoms with Gasteiger partial charge < -0.3 is 5.32 Å². The highest BCUT2D eigenvalue weighted by molar-refractivity contribution is 7.88. The number of hydrogen-bond acceptors (Lipinski definition) is 3. The van der Waals surface area contributed by atoms with Crippen molar-refractivity contribution in [3.63, 3.8) is 0 Å². The average Bonchev–Trinajstić information content (AvgIpc) is 2.32. The number of carbonyl (C=O) groups is 1. The number of anilines is 1. The van der Waals surface area contributed by atoms with Gasteiger partial charge in [0.1, 0.15) is 0 Å². The molecule has 1 aromatic carbocycles. The summed E-state index contributed by atoms with van der Waals surface area (Å²) >= 11 is 5.83. The molecule has 1 rings (SSSR count). The predicted molar refractivity (Wildman–Crippen MR) is 86.0 cm³/mol. The van der Waals surface area contributed by atoms with E-state index in [-0.39, 0.29) is 24.8 Å². The lowest BCUT2D eigenvalue weighted by Crippen LogP contribution is -2.35. The molecule has 0 heterocycles. The number of sulfonamides is 1. The molecule has 1 aromatic rings. The normalized spacial score (nSPS) is 11.9. The Bertz CT molecular complexity index is 588. The largest absolute Gasteiger partial charge is 0.326 e. The van der Waals surface area contributed by atoms with Crippen molar-refractivity contribution in [3.8, 4) is 0 Å². The van der Waals surface area contributed by atoms with Crippen LogP contribution in [0.4, 0.5) is 5.69 Å². The number of halogens is 1. The topological polar surface area (TPSA) is 66.5 Å². The second kappa shape index (κ2) is 7.77. The Kier molecular flexibility index (Phi) is 6.64. The summed E-state index contributed by atoms with van der Waals surface area (Å²) in [4.78, 5) is 11.9. The molecule has 0 unspecified atom stereocenters. The zero-order valence-corrected chi connectivity index (χ0v) is 14.0. The third-order valence-corrected chi connectivity index (χ3v) is 4.24. The summed E-state index contributed by atoms with van der Waals surface area (Å²) in [5.74, 6) is -0.0367. The van der Waals surface area contributed by atoms with Crippen molar-refractivity contribution < 1.29 is 13.2 Å². The molecule has 7 heteroatoms. The van der Waals surface area contributed by atoms with Gasteiger partial charge in [-0.25, -0.2) is 12.7 Å². The summed E-state index contributed by atoms with van der Waals surface area (Å²) in [7, 11) is -3.30. The Morgan fingerprint density at radius 3 is 2.57 bits per heavy atom. The fourth-order valence-corrected chi connectivity index (χ4v) is 3.00. The fourth-order valence-electron chi connectivity index (χ4n) is 1.82. The summed E-state index contributed by atoms with van der Waals surface area (Å²) in [5.41, 5.74) is 0.599. The first-order valence-corrected chi connectivity index (χ1v) is 8.91. The number of benzene rings is 1. The maximum Gasteiger partial charge on any atom is 0.225 e. The molecule has 0 radical (unpaired) electrons. The number of rotatable bonds is 7. The van der Waals surface area contributed by atoms with Crippen LogP contribution in [0.1, 0.15) is 20.3 Å². The Labute approximate surface area is 131 Å². The van der Waals surface area contributed by atoms with E-state index in [2.05, 4.69) is 5.32 Å². The quantitative estimate of drug-likeness (QED) is 0.834. The number of carbonyl (C=O) groups excluding carboxylic acids is 1. The van der Waals surface area contributed by atoms with Gasteiger partial charge in [-0.05, 0) is 24.1 Å². The first kappa shape index (κ1) is 17.9. The Morgan fingerprint density at radius 2 is 2.05 bits per heavy atom. The zero-order valence-electron chi connectivity index (χ0n) is 12.5. The third-order valence-electron chi connectivity index (χ3n) is 2.73. The van der Waals surface area contributed by atoms with Gasteiger partial charge in [0.2, 0.25) is 15.9 Å². The van der Waals surface area contributed by atoms with E-state index in [4.69, 9.17) is 11.6 Å². The summed E-state index contributed by atoms with van der Waals surface area (Å²) < 4.78 is 24.6. The van der Waals surface area contributed by atoms with Crippen LogP contribution in [0.2, 0.25) is 5.02 Å². The van der Waals surface area contributed by atoms with Gasteiger partial charge in [0.15, 0.2) is 0 Å². The first-order valence-electron chi connectivity index (χ1n) is 6.69. The number of hydrogen-bond donors (Lipinski definition) is 1. The lowest BCUT2D eigenvalue weighted by molar-refractivity contribution is -0.116. The van der Waals surface area contributed by atoms with Crippen molar-refractivity contribution in [1.82, 2.24) is 4.31 Å². The van der Waals surface area contributed by atoms with Crippen LogP contribution < -0.4 is 5.32 Å². The molecule has 0 saturated carbocycles. The molecular formula is C14H21ClN2O3S. The van der Waals surface area contributed by atoms with E-state index in [1.54, 1.807) is 24.3 Å². The van der Waals surface area contributed by atoms with Gasteiger partial charge in [-0.15, -0.1) is 0 Å². The van der Waals surface area contributed by atoms with Crippen molar-refractivity contribution in [2.45, 2.75) is 20.3 Å². The van der Waals surface area contributed by atoms with Crippen LogP contribution in [-0.4, -0.2) is 38.0 Å². The summed E-state index contributed by atoms with van der Waals surface area (Å²) in [6.45, 7) is 4.45.